The maximum absolute atomic E-state index is 13.8. The minimum absolute atomic E-state index is 0.0283. The van der Waals surface area contributed by atoms with Gasteiger partial charge in [0, 0.05) is 34.9 Å². The average Bonchev–Trinajstić information content (AvgIpc) is 3.05. The van der Waals surface area contributed by atoms with E-state index in [0.717, 1.165) is 5.56 Å². The van der Waals surface area contributed by atoms with Crippen LogP contribution in [0.3, 0.4) is 0 Å². The molecule has 2 fully saturated rings. The van der Waals surface area contributed by atoms with Crippen molar-refractivity contribution in [2.45, 2.75) is 75.5 Å². The number of aromatic nitrogens is 2. The first-order valence-electron chi connectivity index (χ1n) is 15.9. The van der Waals surface area contributed by atoms with Crippen molar-refractivity contribution in [3.63, 3.8) is 0 Å². The van der Waals surface area contributed by atoms with Gasteiger partial charge in [0.1, 0.15) is 6.10 Å². The second kappa shape index (κ2) is 14.5. The van der Waals surface area contributed by atoms with Crippen LogP contribution in [0.1, 0.15) is 72.6 Å². The molecule has 2 atom stereocenters. The SMILES string of the molecule is C[C@@H]([C@H](OC=O)c1cc(C(F)(F)F)cc(C(F)(F)F)c1)N(C)Cc1nc(N2CC(F)(F)C2)ncc1-c1cc(C2CCC(C(=O)O)CC2)ccc1Cl. The molecular formula is C34H33ClF8N4O4. The quantitative estimate of drug-likeness (QED) is 0.154. The highest BCUT2D eigenvalue weighted by molar-refractivity contribution is 6.33. The molecule has 0 bridgehead atoms. The molecule has 2 heterocycles. The van der Waals surface area contributed by atoms with Crippen LogP contribution in [0.15, 0.2) is 42.6 Å². The van der Waals surface area contributed by atoms with Crippen LogP contribution in [0.4, 0.5) is 41.1 Å². The van der Waals surface area contributed by atoms with Crippen molar-refractivity contribution < 1.29 is 54.6 Å². The second-order valence-electron chi connectivity index (χ2n) is 13.0. The van der Waals surface area contributed by atoms with Crippen molar-refractivity contribution in [2.24, 2.45) is 5.92 Å². The number of rotatable bonds is 11. The third kappa shape index (κ3) is 8.71. The minimum Gasteiger partial charge on any atom is -0.481 e. The van der Waals surface area contributed by atoms with Gasteiger partial charge in [-0.25, -0.2) is 18.7 Å². The molecule has 0 radical (unpaired) electrons. The molecular weight excluding hydrogens is 716 g/mol. The van der Waals surface area contributed by atoms with Gasteiger partial charge in [0.05, 0.1) is 35.8 Å². The number of carboxylic acids is 1. The summed E-state index contributed by atoms with van der Waals surface area (Å²) in [5, 5.41) is 9.68. The van der Waals surface area contributed by atoms with Gasteiger partial charge in [0.25, 0.3) is 12.4 Å². The van der Waals surface area contributed by atoms with Crippen molar-refractivity contribution in [1.82, 2.24) is 14.9 Å². The first-order valence-corrected chi connectivity index (χ1v) is 16.2. The molecule has 0 amide bonds. The molecule has 1 aliphatic heterocycles. The number of benzene rings is 2. The molecule has 1 aliphatic carbocycles. The van der Waals surface area contributed by atoms with Crippen LogP contribution in [-0.4, -0.2) is 64.5 Å². The summed E-state index contributed by atoms with van der Waals surface area (Å²) in [4.78, 5) is 34.6. The fraction of sp³-hybridized carbons (Fsp3) is 0.471. The van der Waals surface area contributed by atoms with Crippen LogP contribution < -0.4 is 4.90 Å². The lowest BCUT2D eigenvalue weighted by atomic mass is 9.78. The maximum Gasteiger partial charge on any atom is 0.416 e. The number of halogens is 9. The first-order chi connectivity index (χ1) is 23.8. The number of carbonyl (C=O) groups excluding carboxylic acids is 1. The molecule has 2 aliphatic rings. The summed E-state index contributed by atoms with van der Waals surface area (Å²) in [6.45, 7) is -0.0832. The van der Waals surface area contributed by atoms with Gasteiger partial charge < -0.3 is 14.7 Å². The topological polar surface area (TPSA) is 95.9 Å². The number of likely N-dealkylation sites (N-methyl/N-ethyl adjacent to an activating group) is 1. The van der Waals surface area contributed by atoms with Crippen LogP contribution in [-0.2, 0) is 33.2 Å². The Morgan fingerprint density at radius 2 is 1.65 bits per heavy atom. The van der Waals surface area contributed by atoms with Gasteiger partial charge in [-0.05, 0) is 87.0 Å². The summed E-state index contributed by atoms with van der Waals surface area (Å²) >= 11 is 6.66. The lowest BCUT2D eigenvalue weighted by Crippen LogP contribution is -2.57. The lowest BCUT2D eigenvalue weighted by molar-refractivity contribution is -0.144. The fourth-order valence-electron chi connectivity index (χ4n) is 6.52. The van der Waals surface area contributed by atoms with Gasteiger partial charge in [-0.1, -0.05) is 17.7 Å². The molecule has 3 aromatic rings. The number of aliphatic carboxylic acids is 1. The Hall–Kier alpha value is -4.05. The van der Waals surface area contributed by atoms with Crippen LogP contribution >= 0.6 is 11.6 Å². The number of hydrogen-bond donors (Lipinski definition) is 1. The zero-order valence-corrected chi connectivity index (χ0v) is 28.0. The van der Waals surface area contributed by atoms with E-state index in [1.165, 1.54) is 30.0 Å². The molecule has 1 aromatic heterocycles. The van der Waals surface area contributed by atoms with Crippen molar-refractivity contribution in [3.05, 3.63) is 75.6 Å². The molecule has 0 unspecified atom stereocenters. The van der Waals surface area contributed by atoms with Crippen LogP contribution in [0, 0.1) is 5.92 Å². The van der Waals surface area contributed by atoms with Crippen molar-refractivity contribution >= 4 is 30.0 Å². The number of ether oxygens (including phenoxy) is 1. The van der Waals surface area contributed by atoms with E-state index < -0.39 is 72.1 Å². The average molecular weight is 749 g/mol. The highest BCUT2D eigenvalue weighted by Crippen LogP contribution is 2.42. The number of nitrogens with zero attached hydrogens (tertiary/aromatic N) is 4. The Balaban J connectivity index is 1.51. The summed E-state index contributed by atoms with van der Waals surface area (Å²) in [6, 6.07) is 5.20. The molecule has 5 rings (SSSR count). The zero-order valence-electron chi connectivity index (χ0n) is 27.2. The van der Waals surface area contributed by atoms with E-state index in [2.05, 4.69) is 9.97 Å². The summed E-state index contributed by atoms with van der Waals surface area (Å²) in [6.07, 6.45) is -8.26. The Morgan fingerprint density at radius 3 is 2.18 bits per heavy atom. The monoisotopic (exact) mass is 748 g/mol. The summed E-state index contributed by atoms with van der Waals surface area (Å²) in [5.74, 6) is -4.24. The molecule has 51 heavy (non-hydrogen) atoms. The van der Waals surface area contributed by atoms with Gasteiger partial charge in [-0.15, -0.1) is 0 Å². The normalized spacial score (nSPS) is 20.4. The predicted octanol–water partition coefficient (Wildman–Crippen LogP) is 8.38. The molecule has 1 saturated carbocycles. The number of hydrogen-bond acceptors (Lipinski definition) is 7. The van der Waals surface area contributed by atoms with E-state index in [9.17, 15) is 49.8 Å². The van der Waals surface area contributed by atoms with Crippen LogP contribution in [0.25, 0.3) is 11.1 Å². The molecule has 276 valence electrons. The highest BCUT2D eigenvalue weighted by atomic mass is 35.5. The number of anilines is 1. The summed E-state index contributed by atoms with van der Waals surface area (Å²) in [5.41, 5.74) is -1.75. The van der Waals surface area contributed by atoms with Crippen molar-refractivity contribution in [3.8, 4) is 11.1 Å². The zero-order chi connectivity index (χ0) is 37.5. The standard InChI is InChI=1S/C34H33ClF8N4O4/c1-18(29(51-17-48)22-9-23(33(38,39)40)12-24(10-22)34(41,42)43)46(2)14-28-26(13-44-31(45-28)47-15-32(36,37)16-47)25-11-21(7-8-27(25)35)19-3-5-20(6-4-19)30(49)50/h7-13,17-20,29H,3-6,14-16H2,1-2H3,(H,49,50)/t18-,19?,20?,29-/m0/s1. The van der Waals surface area contributed by atoms with E-state index in [0.29, 0.717) is 48.9 Å². The van der Waals surface area contributed by atoms with Crippen molar-refractivity contribution in [1.29, 1.82) is 0 Å². The fourth-order valence-corrected chi connectivity index (χ4v) is 6.74. The van der Waals surface area contributed by atoms with E-state index in [1.807, 2.05) is 12.1 Å². The molecule has 1 N–H and O–H groups in total. The van der Waals surface area contributed by atoms with Gasteiger partial charge in [-0.2, -0.15) is 26.3 Å². The largest absolute Gasteiger partial charge is 0.481 e. The van der Waals surface area contributed by atoms with Gasteiger partial charge in [0.15, 0.2) is 0 Å². The number of carbonyl (C=O) groups is 2. The Morgan fingerprint density at radius 1 is 1.04 bits per heavy atom. The number of alkyl halides is 8. The molecule has 8 nitrogen and oxygen atoms in total. The third-order valence-electron chi connectivity index (χ3n) is 9.48. The minimum atomic E-state index is -5.14. The van der Waals surface area contributed by atoms with E-state index in [1.54, 1.807) is 6.07 Å². The molecule has 2 aromatic carbocycles. The van der Waals surface area contributed by atoms with Gasteiger partial charge >= 0.3 is 18.3 Å². The summed E-state index contributed by atoms with van der Waals surface area (Å²) in [7, 11) is 1.48. The summed E-state index contributed by atoms with van der Waals surface area (Å²) < 4.78 is 115. The van der Waals surface area contributed by atoms with Gasteiger partial charge in [0.2, 0.25) is 5.95 Å². The second-order valence-corrected chi connectivity index (χ2v) is 13.4. The highest BCUT2D eigenvalue weighted by Gasteiger charge is 2.45. The third-order valence-corrected chi connectivity index (χ3v) is 9.81. The van der Waals surface area contributed by atoms with Crippen molar-refractivity contribution in [2.75, 3.05) is 25.0 Å². The molecule has 17 heteroatoms. The predicted molar refractivity (Wildman–Crippen MR) is 169 cm³/mol. The first kappa shape index (κ1) is 38.2. The Labute approximate surface area is 292 Å². The molecule has 0 spiro atoms. The van der Waals surface area contributed by atoms with E-state index in [-0.39, 0.29) is 41.7 Å². The molecule has 1 saturated heterocycles. The maximum atomic E-state index is 13.8. The van der Waals surface area contributed by atoms with Gasteiger partial charge in [-0.3, -0.25) is 14.5 Å². The van der Waals surface area contributed by atoms with E-state index >= 15 is 0 Å². The smallest absolute Gasteiger partial charge is 0.416 e. The van der Waals surface area contributed by atoms with Crippen LogP contribution in [0.5, 0.6) is 0 Å². The Kier molecular flexibility index (Phi) is 10.9. The van der Waals surface area contributed by atoms with E-state index in [4.69, 9.17) is 16.3 Å². The lowest BCUT2D eigenvalue weighted by Gasteiger charge is -2.39. The van der Waals surface area contributed by atoms with Crippen LogP contribution in [0.2, 0.25) is 5.02 Å². The Bertz CT molecular complexity index is 1720. The number of carboxylic acid groups (broad SMARTS) is 1.